The molecule has 0 fully saturated rings. The van der Waals surface area contributed by atoms with Crippen molar-refractivity contribution in [3.8, 4) is 5.75 Å². The average molecular weight is 597 g/mol. The van der Waals surface area contributed by atoms with Gasteiger partial charge in [-0.15, -0.1) is 11.3 Å². The summed E-state index contributed by atoms with van der Waals surface area (Å²) < 4.78 is 30.7. The molecule has 206 valence electrons. The largest absolute Gasteiger partial charge is 0.480 e. The lowest BCUT2D eigenvalue weighted by atomic mass is 10.1. The molecule has 2 N–H and O–H groups in total. The van der Waals surface area contributed by atoms with Gasteiger partial charge in [0.25, 0.3) is 5.91 Å². The Morgan fingerprint density at radius 3 is 2.58 bits per heavy atom. The molecule has 8 nitrogen and oxygen atoms in total. The summed E-state index contributed by atoms with van der Waals surface area (Å²) in [5.41, 5.74) is 2.24. The third kappa shape index (κ3) is 8.25. The Labute approximate surface area is 240 Å². The molecule has 0 saturated heterocycles. The van der Waals surface area contributed by atoms with E-state index in [4.69, 9.17) is 21.4 Å². The van der Waals surface area contributed by atoms with Crippen molar-refractivity contribution >= 4 is 62.5 Å². The van der Waals surface area contributed by atoms with Gasteiger partial charge in [-0.2, -0.15) is 0 Å². The second-order valence-electron chi connectivity index (χ2n) is 8.67. The maximum Gasteiger partial charge on any atom is 0.341 e. The summed E-state index contributed by atoms with van der Waals surface area (Å²) in [6.45, 7) is -0.585. The number of nitrogens with zero attached hydrogens (tertiary/aromatic N) is 1. The average Bonchev–Trinajstić information content (AvgIpc) is 3.45. The molecule has 0 aliphatic rings. The van der Waals surface area contributed by atoms with E-state index in [9.17, 15) is 18.0 Å². The van der Waals surface area contributed by atoms with Crippen LogP contribution in [0.2, 0.25) is 5.02 Å². The maximum atomic E-state index is 13.1. The number of thiazole rings is 1. The molecule has 4 rings (SSSR count). The fourth-order valence-electron chi connectivity index (χ4n) is 3.78. The third-order valence-corrected chi connectivity index (χ3v) is 8.52. The number of rotatable bonds is 12. The fraction of sp³-hybridized carbons (Fsp3) is 0.138. The molecule has 40 heavy (non-hydrogen) atoms. The van der Waals surface area contributed by atoms with Gasteiger partial charge in [-0.1, -0.05) is 35.9 Å². The van der Waals surface area contributed by atoms with Crippen LogP contribution in [0.1, 0.15) is 32.9 Å². The second kappa shape index (κ2) is 13.4. The van der Waals surface area contributed by atoms with Gasteiger partial charge in [0.2, 0.25) is 0 Å². The molecule has 1 heterocycles. The number of aryl methyl sites for hydroxylation is 1. The summed E-state index contributed by atoms with van der Waals surface area (Å²) in [4.78, 5) is 28.6. The zero-order valence-corrected chi connectivity index (χ0v) is 23.5. The Morgan fingerprint density at radius 2 is 1.85 bits per heavy atom. The standard InChI is InChI=1S/C29H25ClN2O6S2/c30-23-8-10-24(11-9-23)40(36,37)16-2-4-21-6-12-26(38-19-28(33)34)25(18-21)32-29(35)22-5-1-3-20(17-22)7-13-27-31-14-15-39-27/h1,3,5-15,17-18H,2,4,16,19H2,(H,32,35)(H,33,34)/b13-7+. The highest BCUT2D eigenvalue weighted by molar-refractivity contribution is 7.91. The van der Waals surface area contributed by atoms with Crippen LogP contribution in [0.15, 0.2) is 83.2 Å². The van der Waals surface area contributed by atoms with E-state index in [1.807, 2.05) is 23.6 Å². The number of nitrogens with one attached hydrogen (secondary N) is 1. The van der Waals surface area contributed by atoms with E-state index in [2.05, 4.69) is 10.3 Å². The minimum Gasteiger partial charge on any atom is -0.480 e. The van der Waals surface area contributed by atoms with Gasteiger partial charge < -0.3 is 15.2 Å². The molecule has 0 atom stereocenters. The normalized spacial score (nSPS) is 11.4. The Kier molecular flexibility index (Phi) is 9.70. The molecule has 0 unspecified atom stereocenters. The number of carbonyl (C=O) groups is 2. The van der Waals surface area contributed by atoms with Gasteiger partial charge in [-0.25, -0.2) is 18.2 Å². The Bertz CT molecular complexity index is 1620. The molecule has 3 aromatic carbocycles. The van der Waals surface area contributed by atoms with Gasteiger partial charge in [0.1, 0.15) is 10.8 Å². The summed E-state index contributed by atoms with van der Waals surface area (Å²) in [7, 11) is -3.49. The Balaban J connectivity index is 1.47. The van der Waals surface area contributed by atoms with Gasteiger partial charge in [0.05, 0.1) is 16.3 Å². The summed E-state index contributed by atoms with van der Waals surface area (Å²) in [6, 6.07) is 18.0. The van der Waals surface area contributed by atoms with Gasteiger partial charge in [-0.3, -0.25) is 4.79 Å². The van der Waals surface area contributed by atoms with Gasteiger partial charge >= 0.3 is 5.97 Å². The summed E-state index contributed by atoms with van der Waals surface area (Å²) in [5, 5.41) is 15.0. The van der Waals surface area contributed by atoms with Crippen molar-refractivity contribution in [3.05, 3.63) is 105 Å². The molecular formula is C29H25ClN2O6S2. The van der Waals surface area contributed by atoms with E-state index in [-0.39, 0.29) is 22.1 Å². The quantitative estimate of drug-likeness (QED) is 0.203. The first kappa shape index (κ1) is 29.0. The van der Waals surface area contributed by atoms with Crippen LogP contribution in [0.4, 0.5) is 5.69 Å². The number of amides is 1. The number of benzene rings is 3. The summed E-state index contributed by atoms with van der Waals surface area (Å²) in [5.74, 6) is -1.46. The maximum absolute atomic E-state index is 13.1. The monoisotopic (exact) mass is 596 g/mol. The number of carbonyl (C=O) groups excluding carboxylic acids is 1. The first-order chi connectivity index (χ1) is 19.2. The zero-order chi connectivity index (χ0) is 28.5. The van der Waals surface area contributed by atoms with E-state index < -0.39 is 28.3 Å². The molecular weight excluding hydrogens is 572 g/mol. The number of hydrogen-bond donors (Lipinski definition) is 2. The predicted molar refractivity (Wildman–Crippen MR) is 157 cm³/mol. The molecule has 1 amide bonds. The zero-order valence-electron chi connectivity index (χ0n) is 21.1. The van der Waals surface area contributed by atoms with Crippen molar-refractivity contribution in [2.75, 3.05) is 17.7 Å². The smallest absolute Gasteiger partial charge is 0.341 e. The van der Waals surface area contributed by atoms with Crippen LogP contribution in [0.3, 0.4) is 0 Å². The second-order valence-corrected chi connectivity index (χ2v) is 12.1. The molecule has 0 aliphatic heterocycles. The minimum absolute atomic E-state index is 0.0745. The number of sulfone groups is 1. The molecule has 0 bridgehead atoms. The lowest BCUT2D eigenvalue weighted by molar-refractivity contribution is -0.139. The van der Waals surface area contributed by atoms with Crippen molar-refractivity contribution in [2.45, 2.75) is 17.7 Å². The lowest BCUT2D eigenvalue weighted by Gasteiger charge is -2.14. The number of halogens is 1. The SMILES string of the molecule is O=C(O)COc1ccc(CCCS(=O)(=O)c2ccc(Cl)cc2)cc1NC(=O)c1cccc(/C=C/c2nccs2)c1. The number of hydrogen-bond acceptors (Lipinski definition) is 7. The molecule has 11 heteroatoms. The highest BCUT2D eigenvalue weighted by Gasteiger charge is 2.16. The number of carboxylic acid groups (broad SMARTS) is 1. The van der Waals surface area contributed by atoms with Crippen LogP contribution >= 0.6 is 22.9 Å². The van der Waals surface area contributed by atoms with Crippen LogP contribution in [-0.2, 0) is 21.1 Å². The van der Waals surface area contributed by atoms with E-state index in [1.165, 1.54) is 35.6 Å². The van der Waals surface area contributed by atoms with Gasteiger partial charge in [0.15, 0.2) is 16.4 Å². The van der Waals surface area contributed by atoms with Crippen molar-refractivity contribution in [1.82, 2.24) is 4.98 Å². The van der Waals surface area contributed by atoms with Crippen molar-refractivity contribution in [2.24, 2.45) is 0 Å². The highest BCUT2D eigenvalue weighted by Crippen LogP contribution is 2.28. The first-order valence-corrected chi connectivity index (χ1v) is 15.1. The van der Waals surface area contributed by atoms with Gasteiger partial charge in [-0.05, 0) is 78.6 Å². The molecule has 0 radical (unpaired) electrons. The molecule has 4 aromatic rings. The van der Waals surface area contributed by atoms with Crippen molar-refractivity contribution in [1.29, 1.82) is 0 Å². The van der Waals surface area contributed by atoms with Crippen LogP contribution < -0.4 is 10.1 Å². The van der Waals surface area contributed by atoms with Crippen molar-refractivity contribution in [3.63, 3.8) is 0 Å². The first-order valence-electron chi connectivity index (χ1n) is 12.1. The van der Waals surface area contributed by atoms with E-state index in [0.717, 1.165) is 16.1 Å². The van der Waals surface area contributed by atoms with Crippen LogP contribution in [0.5, 0.6) is 5.75 Å². The summed E-state index contributed by atoms with van der Waals surface area (Å²) >= 11 is 7.36. The van der Waals surface area contributed by atoms with E-state index >= 15 is 0 Å². The van der Waals surface area contributed by atoms with Crippen LogP contribution in [0.25, 0.3) is 12.2 Å². The van der Waals surface area contributed by atoms with Crippen molar-refractivity contribution < 1.29 is 27.9 Å². The van der Waals surface area contributed by atoms with E-state index in [1.54, 1.807) is 42.6 Å². The predicted octanol–water partition coefficient (Wildman–Crippen LogP) is 6.09. The number of anilines is 1. The molecule has 0 saturated carbocycles. The van der Waals surface area contributed by atoms with Crippen LogP contribution in [0, 0.1) is 0 Å². The fourth-order valence-corrected chi connectivity index (χ4v) is 5.75. The van der Waals surface area contributed by atoms with Gasteiger partial charge in [0, 0.05) is 22.2 Å². The lowest BCUT2D eigenvalue weighted by Crippen LogP contribution is -2.15. The van der Waals surface area contributed by atoms with E-state index in [0.29, 0.717) is 23.4 Å². The third-order valence-electron chi connectivity index (χ3n) is 5.71. The molecule has 1 aromatic heterocycles. The highest BCUT2D eigenvalue weighted by atomic mass is 35.5. The Hall–Kier alpha value is -3.99. The minimum atomic E-state index is -3.49. The Morgan fingerprint density at radius 1 is 1.05 bits per heavy atom. The number of carboxylic acids is 1. The number of aliphatic carboxylic acids is 1. The molecule has 0 aliphatic carbocycles. The number of aromatic nitrogens is 1. The number of ether oxygens (including phenoxy) is 1. The topological polar surface area (TPSA) is 123 Å². The summed E-state index contributed by atoms with van der Waals surface area (Å²) in [6.07, 6.45) is 6.17. The van der Waals surface area contributed by atoms with Crippen LogP contribution in [-0.4, -0.2) is 42.7 Å². The molecule has 0 spiro atoms.